The molecular formula is C24H29ClN2O3. The van der Waals surface area contributed by atoms with E-state index in [1.807, 2.05) is 36.4 Å². The predicted octanol–water partition coefficient (Wildman–Crippen LogP) is 4.14. The third kappa shape index (κ3) is 4.28. The van der Waals surface area contributed by atoms with Crippen LogP contribution < -0.4 is 9.64 Å². The molecule has 0 unspecified atom stereocenters. The Balaban J connectivity index is 1.52. The minimum atomic E-state index is -0.543. The molecule has 30 heavy (non-hydrogen) atoms. The number of methoxy groups -OCH3 is 1. The standard InChI is InChI=1S/C24H29ClN2O3/c1-29-22-8-6-21(7-9-22)26-12-3-13-27(15-14-26)23(28)24(10-16-30-17-11-24)19-4-2-5-20(25)18-19/h2,4-9,18H,3,10-17H2,1H3. The van der Waals surface area contributed by atoms with Crippen molar-refractivity contribution in [3.8, 4) is 5.75 Å². The molecule has 2 saturated heterocycles. The van der Waals surface area contributed by atoms with Gasteiger partial charge in [0.25, 0.3) is 0 Å². The molecule has 2 aromatic carbocycles. The fourth-order valence-electron chi connectivity index (χ4n) is 4.61. The quantitative estimate of drug-likeness (QED) is 0.734. The summed E-state index contributed by atoms with van der Waals surface area (Å²) in [6, 6.07) is 15.9. The Labute approximate surface area is 183 Å². The van der Waals surface area contributed by atoms with Gasteiger partial charge in [-0.1, -0.05) is 23.7 Å². The molecule has 0 spiro atoms. The number of nitrogens with zero attached hydrogens (tertiary/aromatic N) is 2. The number of benzene rings is 2. The second-order valence-corrected chi connectivity index (χ2v) is 8.47. The lowest BCUT2D eigenvalue weighted by atomic mass is 9.73. The van der Waals surface area contributed by atoms with Crippen LogP contribution >= 0.6 is 11.6 Å². The lowest BCUT2D eigenvalue weighted by molar-refractivity contribution is -0.141. The topological polar surface area (TPSA) is 42.0 Å². The minimum absolute atomic E-state index is 0.213. The Morgan fingerprint density at radius 3 is 2.50 bits per heavy atom. The molecule has 0 aliphatic carbocycles. The third-order valence-corrected chi connectivity index (χ3v) is 6.59. The number of halogens is 1. The van der Waals surface area contributed by atoms with Gasteiger partial charge in [-0.15, -0.1) is 0 Å². The lowest BCUT2D eigenvalue weighted by Gasteiger charge is -2.40. The fourth-order valence-corrected chi connectivity index (χ4v) is 4.80. The fraction of sp³-hybridized carbons (Fsp3) is 0.458. The molecule has 2 aliphatic rings. The molecule has 2 aliphatic heterocycles. The number of anilines is 1. The SMILES string of the molecule is COc1ccc(N2CCCN(C(=O)C3(c4cccc(Cl)c4)CCOCC3)CC2)cc1. The number of amides is 1. The largest absolute Gasteiger partial charge is 0.497 e. The average molecular weight is 429 g/mol. The third-order valence-electron chi connectivity index (χ3n) is 6.35. The summed E-state index contributed by atoms with van der Waals surface area (Å²) in [6.45, 7) is 4.44. The van der Waals surface area contributed by atoms with Gasteiger partial charge < -0.3 is 19.3 Å². The number of hydrogen-bond donors (Lipinski definition) is 0. The van der Waals surface area contributed by atoms with E-state index in [2.05, 4.69) is 21.9 Å². The highest BCUT2D eigenvalue weighted by Crippen LogP contribution is 2.38. The van der Waals surface area contributed by atoms with Gasteiger partial charge >= 0.3 is 0 Å². The van der Waals surface area contributed by atoms with Crippen molar-refractivity contribution >= 4 is 23.2 Å². The summed E-state index contributed by atoms with van der Waals surface area (Å²) in [4.78, 5) is 18.3. The molecule has 0 atom stereocenters. The molecule has 0 N–H and O–H groups in total. The van der Waals surface area contributed by atoms with E-state index in [0.29, 0.717) is 37.6 Å². The molecule has 0 bridgehead atoms. The molecule has 0 aromatic heterocycles. The van der Waals surface area contributed by atoms with Crippen LogP contribution in [0.2, 0.25) is 5.02 Å². The van der Waals surface area contributed by atoms with Gasteiger partial charge in [-0.3, -0.25) is 4.79 Å². The van der Waals surface area contributed by atoms with Crippen molar-refractivity contribution in [3.05, 3.63) is 59.1 Å². The summed E-state index contributed by atoms with van der Waals surface area (Å²) in [7, 11) is 1.68. The zero-order valence-corrected chi connectivity index (χ0v) is 18.2. The molecule has 1 amide bonds. The molecule has 0 radical (unpaired) electrons. The molecule has 2 heterocycles. The minimum Gasteiger partial charge on any atom is -0.497 e. The van der Waals surface area contributed by atoms with Crippen LogP contribution in [-0.4, -0.2) is 57.3 Å². The maximum absolute atomic E-state index is 13.9. The number of ether oxygens (including phenoxy) is 2. The normalized spacial score (nSPS) is 19.3. The lowest BCUT2D eigenvalue weighted by Crippen LogP contribution is -2.50. The van der Waals surface area contributed by atoms with Gasteiger partial charge in [-0.05, 0) is 61.2 Å². The molecule has 0 saturated carbocycles. The molecule has 2 fully saturated rings. The summed E-state index contributed by atoms with van der Waals surface area (Å²) in [5, 5.41) is 0.674. The van der Waals surface area contributed by atoms with Gasteiger partial charge in [-0.2, -0.15) is 0 Å². The van der Waals surface area contributed by atoms with Crippen LogP contribution in [0.3, 0.4) is 0 Å². The van der Waals surface area contributed by atoms with Gasteiger partial charge in [0.1, 0.15) is 5.75 Å². The highest BCUT2D eigenvalue weighted by atomic mass is 35.5. The van der Waals surface area contributed by atoms with Crippen molar-refractivity contribution in [2.24, 2.45) is 0 Å². The zero-order valence-electron chi connectivity index (χ0n) is 17.5. The van der Waals surface area contributed by atoms with Crippen molar-refractivity contribution in [1.29, 1.82) is 0 Å². The maximum Gasteiger partial charge on any atom is 0.233 e. The number of hydrogen-bond acceptors (Lipinski definition) is 4. The van der Waals surface area contributed by atoms with Crippen LogP contribution in [0, 0.1) is 0 Å². The Morgan fingerprint density at radius 2 is 1.80 bits per heavy atom. The van der Waals surface area contributed by atoms with E-state index in [4.69, 9.17) is 21.1 Å². The van der Waals surface area contributed by atoms with Crippen LogP contribution in [0.1, 0.15) is 24.8 Å². The zero-order chi connectivity index (χ0) is 21.0. The molecular weight excluding hydrogens is 400 g/mol. The predicted molar refractivity (Wildman–Crippen MR) is 120 cm³/mol. The number of carbonyl (C=O) groups excluding carboxylic acids is 1. The van der Waals surface area contributed by atoms with Gasteiger partial charge in [0, 0.05) is 50.1 Å². The number of carbonyl (C=O) groups is 1. The Kier molecular flexibility index (Phi) is 6.49. The second-order valence-electron chi connectivity index (χ2n) is 8.04. The smallest absolute Gasteiger partial charge is 0.233 e. The van der Waals surface area contributed by atoms with E-state index in [1.165, 1.54) is 5.69 Å². The highest BCUT2D eigenvalue weighted by Gasteiger charge is 2.44. The van der Waals surface area contributed by atoms with Gasteiger partial charge in [-0.25, -0.2) is 0 Å². The maximum atomic E-state index is 13.9. The van der Waals surface area contributed by atoms with E-state index in [-0.39, 0.29) is 5.91 Å². The highest BCUT2D eigenvalue weighted by molar-refractivity contribution is 6.30. The van der Waals surface area contributed by atoms with Crippen LogP contribution in [0.25, 0.3) is 0 Å². The van der Waals surface area contributed by atoms with Crippen molar-refractivity contribution in [2.45, 2.75) is 24.7 Å². The van der Waals surface area contributed by atoms with E-state index in [9.17, 15) is 4.79 Å². The van der Waals surface area contributed by atoms with Crippen LogP contribution in [0.15, 0.2) is 48.5 Å². The van der Waals surface area contributed by atoms with Crippen molar-refractivity contribution in [1.82, 2.24) is 4.90 Å². The second kappa shape index (κ2) is 9.27. The van der Waals surface area contributed by atoms with Crippen molar-refractivity contribution in [3.63, 3.8) is 0 Å². The van der Waals surface area contributed by atoms with E-state index in [1.54, 1.807) is 7.11 Å². The van der Waals surface area contributed by atoms with E-state index in [0.717, 1.165) is 37.4 Å². The van der Waals surface area contributed by atoms with Crippen molar-refractivity contribution < 1.29 is 14.3 Å². The summed E-state index contributed by atoms with van der Waals surface area (Å²) in [5.41, 5.74) is 1.64. The van der Waals surface area contributed by atoms with Gasteiger partial charge in [0.15, 0.2) is 0 Å². The Bertz CT molecular complexity index is 865. The van der Waals surface area contributed by atoms with Crippen LogP contribution in [0.5, 0.6) is 5.75 Å². The first-order chi connectivity index (χ1) is 14.6. The summed E-state index contributed by atoms with van der Waals surface area (Å²) < 4.78 is 10.9. The number of rotatable bonds is 4. The molecule has 160 valence electrons. The Morgan fingerprint density at radius 1 is 1.03 bits per heavy atom. The summed E-state index contributed by atoms with van der Waals surface area (Å²) in [5.74, 6) is 1.07. The molecule has 6 heteroatoms. The molecule has 5 nitrogen and oxygen atoms in total. The van der Waals surface area contributed by atoms with E-state index < -0.39 is 5.41 Å². The molecule has 2 aromatic rings. The first-order valence-corrected chi connectivity index (χ1v) is 11.0. The van der Waals surface area contributed by atoms with Gasteiger partial charge in [0.2, 0.25) is 5.91 Å². The first kappa shape index (κ1) is 21.0. The van der Waals surface area contributed by atoms with Gasteiger partial charge in [0.05, 0.1) is 12.5 Å². The monoisotopic (exact) mass is 428 g/mol. The average Bonchev–Trinajstić information content (AvgIpc) is 3.05. The summed E-state index contributed by atoms with van der Waals surface area (Å²) in [6.07, 6.45) is 2.34. The van der Waals surface area contributed by atoms with E-state index >= 15 is 0 Å². The van der Waals surface area contributed by atoms with Crippen molar-refractivity contribution in [2.75, 3.05) is 51.4 Å². The van der Waals surface area contributed by atoms with Crippen LogP contribution in [-0.2, 0) is 14.9 Å². The Hall–Kier alpha value is -2.24. The summed E-state index contributed by atoms with van der Waals surface area (Å²) >= 11 is 6.28. The van der Waals surface area contributed by atoms with Crippen LogP contribution in [0.4, 0.5) is 5.69 Å². The first-order valence-electron chi connectivity index (χ1n) is 10.6. The molecule has 4 rings (SSSR count).